The van der Waals surface area contributed by atoms with E-state index in [9.17, 15) is 9.59 Å². The number of piperidine rings is 2. The zero-order valence-corrected chi connectivity index (χ0v) is 19.4. The van der Waals surface area contributed by atoms with E-state index in [1.165, 1.54) is 0 Å². The zero-order valence-electron chi connectivity index (χ0n) is 19.4. The van der Waals surface area contributed by atoms with E-state index >= 15 is 0 Å². The van der Waals surface area contributed by atoms with Gasteiger partial charge < -0.3 is 24.6 Å². The van der Waals surface area contributed by atoms with E-state index in [2.05, 4.69) is 24.5 Å². The van der Waals surface area contributed by atoms with Crippen LogP contribution in [0.3, 0.4) is 0 Å². The van der Waals surface area contributed by atoms with E-state index in [1.807, 2.05) is 4.90 Å². The van der Waals surface area contributed by atoms with Crippen molar-refractivity contribution in [1.29, 1.82) is 0 Å². The Morgan fingerprint density at radius 2 is 2.03 bits per heavy atom. The predicted molar refractivity (Wildman–Crippen MR) is 117 cm³/mol. The highest BCUT2D eigenvalue weighted by molar-refractivity contribution is 5.83. The maximum Gasteiger partial charge on any atom is 0.234 e. The van der Waals surface area contributed by atoms with Crippen molar-refractivity contribution in [1.82, 2.24) is 15.5 Å². The van der Waals surface area contributed by atoms with Gasteiger partial charge in [-0.3, -0.25) is 15.3 Å². The number of quaternary nitrogens is 1. The third kappa shape index (κ3) is 4.07. The molecule has 0 aromatic heterocycles. The normalized spacial score (nSPS) is 44.1. The van der Waals surface area contributed by atoms with Crippen LogP contribution in [0.5, 0.6) is 0 Å². The molecular formula is C23H40N5O4+. The fourth-order valence-electron chi connectivity index (χ4n) is 6.81. The number of carbonyl (C=O) groups excluding carboxylic acids is 2. The lowest BCUT2D eigenvalue weighted by Crippen LogP contribution is -3.28. The van der Waals surface area contributed by atoms with Crippen LogP contribution in [0.15, 0.2) is 0 Å². The van der Waals surface area contributed by atoms with Crippen molar-refractivity contribution in [2.24, 2.45) is 23.5 Å². The maximum absolute atomic E-state index is 13.4. The zero-order chi connectivity index (χ0) is 22.4. The summed E-state index contributed by atoms with van der Waals surface area (Å²) in [5, 5.41) is 6.93. The quantitative estimate of drug-likeness (QED) is 0.443. The van der Waals surface area contributed by atoms with Gasteiger partial charge in [-0.2, -0.15) is 0 Å². The Morgan fingerprint density at radius 1 is 1.22 bits per heavy atom. The molecule has 9 heteroatoms. The van der Waals surface area contributed by atoms with Crippen LogP contribution in [0.4, 0.5) is 0 Å². The molecular weight excluding hydrogens is 410 g/mol. The van der Waals surface area contributed by atoms with E-state index in [1.54, 1.807) is 0 Å². The molecule has 0 bridgehead atoms. The monoisotopic (exact) mass is 450 g/mol. The Hall–Kier alpha value is -1.26. The van der Waals surface area contributed by atoms with Gasteiger partial charge in [-0.15, -0.1) is 0 Å². The van der Waals surface area contributed by atoms with Crippen molar-refractivity contribution in [2.75, 3.05) is 19.9 Å². The minimum Gasteiger partial charge on any atom is -0.355 e. The van der Waals surface area contributed by atoms with Gasteiger partial charge in [0.2, 0.25) is 11.8 Å². The average Bonchev–Trinajstić information content (AvgIpc) is 3.25. The molecule has 5 rings (SSSR count). The van der Waals surface area contributed by atoms with Crippen molar-refractivity contribution in [3.63, 3.8) is 0 Å². The van der Waals surface area contributed by atoms with Gasteiger partial charge in [0, 0.05) is 13.1 Å². The fraction of sp³-hybridized carbons (Fsp3) is 0.913. The van der Waals surface area contributed by atoms with Gasteiger partial charge in [0.1, 0.15) is 18.6 Å². The molecule has 9 nitrogen and oxygen atoms in total. The number of ether oxygens (including phenoxy) is 2. The van der Waals surface area contributed by atoms with Crippen LogP contribution in [-0.4, -0.2) is 73.3 Å². The predicted octanol–water partition coefficient (Wildman–Crippen LogP) is -0.874. The summed E-state index contributed by atoms with van der Waals surface area (Å²) in [5.41, 5.74) is 6.73. The number of hydrogen-bond donors (Lipinski definition) is 4. The molecule has 32 heavy (non-hydrogen) atoms. The molecule has 4 heterocycles. The number of carbonyl (C=O) groups is 2. The summed E-state index contributed by atoms with van der Waals surface area (Å²) in [5.74, 6) is 0.0430. The summed E-state index contributed by atoms with van der Waals surface area (Å²) in [7, 11) is 0. The van der Waals surface area contributed by atoms with Crippen LogP contribution >= 0.6 is 0 Å². The molecule has 9 atom stereocenters. The van der Waals surface area contributed by atoms with Gasteiger partial charge in [0.05, 0.1) is 24.4 Å². The van der Waals surface area contributed by atoms with Crippen LogP contribution in [0.25, 0.3) is 0 Å². The first-order valence-electron chi connectivity index (χ1n) is 12.6. The second-order valence-corrected chi connectivity index (χ2v) is 10.8. The number of amides is 2. The van der Waals surface area contributed by atoms with Crippen molar-refractivity contribution >= 4 is 11.8 Å². The van der Waals surface area contributed by atoms with E-state index in [-0.39, 0.29) is 60.4 Å². The highest BCUT2D eigenvalue weighted by Crippen LogP contribution is 2.33. The summed E-state index contributed by atoms with van der Waals surface area (Å²) < 4.78 is 11.3. The first-order chi connectivity index (χ1) is 15.4. The number of likely N-dealkylation sites (tertiary alicyclic amines) is 1. The largest absolute Gasteiger partial charge is 0.355 e. The van der Waals surface area contributed by atoms with Gasteiger partial charge in [-0.1, -0.05) is 0 Å². The van der Waals surface area contributed by atoms with E-state index in [0.29, 0.717) is 25.7 Å². The molecule has 2 amide bonds. The van der Waals surface area contributed by atoms with Crippen molar-refractivity contribution in [3.8, 4) is 0 Å². The highest BCUT2D eigenvalue weighted by Gasteiger charge is 2.55. The van der Waals surface area contributed by atoms with Gasteiger partial charge in [-0.05, 0) is 64.7 Å². The number of nitrogens with two attached hydrogens (primary N) is 1. The third-order valence-electron chi connectivity index (χ3n) is 8.54. The van der Waals surface area contributed by atoms with Gasteiger partial charge >= 0.3 is 0 Å². The Bertz CT molecular complexity index is 721. The lowest BCUT2D eigenvalue weighted by Gasteiger charge is -2.53. The van der Waals surface area contributed by atoms with Gasteiger partial charge in [0.15, 0.2) is 12.3 Å². The first kappa shape index (κ1) is 22.5. The highest BCUT2D eigenvalue weighted by atomic mass is 16.7. The number of fused-ring (bicyclic) bond motifs is 3. The SMILES string of the molecule is CC(C)[NH+]1C(N)C(C(=O)NCC2CCC3OCOC3C2)CC2C(=O)N3CCCCC3NC21. The molecule has 0 spiro atoms. The van der Waals surface area contributed by atoms with Crippen LogP contribution < -0.4 is 21.3 Å². The Kier molecular flexibility index (Phi) is 6.46. The standard InChI is InChI=1S/C23H39N5O4/c1-13(2)28-20(24)15(10-16-21(28)26-19-5-3-4-8-27(19)23(16)30)22(29)25-11-14-6-7-17-18(9-14)32-12-31-17/h13-21,26H,3-12,24H2,1-2H3,(H,25,29)/p+1. The van der Waals surface area contributed by atoms with E-state index in [4.69, 9.17) is 15.2 Å². The third-order valence-corrected chi connectivity index (χ3v) is 8.54. The summed E-state index contributed by atoms with van der Waals surface area (Å²) in [6.07, 6.45) is 6.82. The minimum absolute atomic E-state index is 0.00613. The Balaban J connectivity index is 1.25. The average molecular weight is 451 g/mol. The summed E-state index contributed by atoms with van der Waals surface area (Å²) in [4.78, 5) is 29.9. The molecule has 5 aliphatic rings. The molecule has 0 aromatic carbocycles. The minimum atomic E-state index is -0.358. The first-order valence-corrected chi connectivity index (χ1v) is 12.6. The molecule has 180 valence electrons. The maximum atomic E-state index is 13.4. The van der Waals surface area contributed by atoms with Gasteiger partial charge in [-0.25, -0.2) is 5.32 Å². The second kappa shape index (κ2) is 9.18. The number of nitrogens with zero attached hydrogens (tertiary/aromatic N) is 1. The molecule has 5 fully saturated rings. The molecule has 1 saturated carbocycles. The van der Waals surface area contributed by atoms with Gasteiger partial charge in [0.25, 0.3) is 0 Å². The number of hydrogen-bond acceptors (Lipinski definition) is 6. The lowest BCUT2D eigenvalue weighted by atomic mass is 9.79. The fourth-order valence-corrected chi connectivity index (χ4v) is 6.81. The molecule has 1 aliphatic carbocycles. The van der Waals surface area contributed by atoms with Crippen LogP contribution in [0.1, 0.15) is 58.8 Å². The molecule has 4 saturated heterocycles. The smallest absolute Gasteiger partial charge is 0.234 e. The lowest BCUT2D eigenvalue weighted by molar-refractivity contribution is -0.983. The summed E-state index contributed by atoms with van der Waals surface area (Å²) >= 11 is 0. The Labute approximate surface area is 190 Å². The second-order valence-electron chi connectivity index (χ2n) is 10.8. The van der Waals surface area contributed by atoms with Crippen molar-refractivity contribution in [2.45, 2.75) is 95.5 Å². The van der Waals surface area contributed by atoms with E-state index in [0.717, 1.165) is 50.0 Å². The van der Waals surface area contributed by atoms with Crippen LogP contribution in [-0.2, 0) is 19.1 Å². The summed E-state index contributed by atoms with van der Waals surface area (Å²) in [6.45, 7) is 6.11. The van der Waals surface area contributed by atoms with E-state index < -0.39 is 0 Å². The number of nitrogens with one attached hydrogen (secondary N) is 3. The topological polar surface area (TPSA) is 110 Å². The molecule has 4 aliphatic heterocycles. The molecule has 0 aromatic rings. The van der Waals surface area contributed by atoms with Crippen molar-refractivity contribution < 1.29 is 24.0 Å². The molecule has 0 radical (unpaired) electrons. The van der Waals surface area contributed by atoms with Crippen LogP contribution in [0.2, 0.25) is 0 Å². The molecule has 9 unspecified atom stereocenters. The van der Waals surface area contributed by atoms with Crippen molar-refractivity contribution in [3.05, 3.63) is 0 Å². The molecule has 5 N–H and O–H groups in total. The van der Waals surface area contributed by atoms with Crippen LogP contribution in [0, 0.1) is 17.8 Å². The Morgan fingerprint density at radius 3 is 2.84 bits per heavy atom. The number of rotatable bonds is 4. The summed E-state index contributed by atoms with van der Waals surface area (Å²) in [6, 6.07) is 0.221.